The van der Waals surface area contributed by atoms with E-state index in [9.17, 15) is 10.1 Å². The van der Waals surface area contributed by atoms with Gasteiger partial charge in [0.2, 0.25) is 0 Å². The maximum Gasteiger partial charge on any atom is 1.00 e. The second-order valence-corrected chi connectivity index (χ2v) is 4.59. The molecular weight excluding hydrogens is 335 g/mol. The molecule has 0 atom stereocenters. The minimum atomic E-state index is -0.375. The van der Waals surface area contributed by atoms with E-state index in [0.717, 1.165) is 17.6 Å². The summed E-state index contributed by atoms with van der Waals surface area (Å²) in [4.78, 5) is 12.3. The molecule has 18 heavy (non-hydrogen) atoms. The molecule has 0 aliphatic heterocycles. The molecular formula is C10H10BrNaO5S. The molecule has 1 aromatic carbocycles. The third-order valence-electron chi connectivity index (χ3n) is 1.89. The van der Waals surface area contributed by atoms with Crippen LogP contribution in [0.25, 0.3) is 0 Å². The van der Waals surface area contributed by atoms with Crippen LogP contribution in [0.15, 0.2) is 23.1 Å². The van der Waals surface area contributed by atoms with Gasteiger partial charge in [-0.25, -0.2) is 4.79 Å². The van der Waals surface area contributed by atoms with Crippen molar-refractivity contribution in [3.8, 4) is 0 Å². The van der Waals surface area contributed by atoms with Gasteiger partial charge in [-0.3, -0.25) is 5.04 Å². The SMILES string of the molecule is Cc1cc(SOO[O-])ccc1C(=O)OCCBr.[Na+]. The summed E-state index contributed by atoms with van der Waals surface area (Å²) in [7, 11) is 0. The second kappa shape index (κ2) is 10.2. The van der Waals surface area contributed by atoms with E-state index in [4.69, 9.17) is 4.74 Å². The third kappa shape index (κ3) is 6.03. The van der Waals surface area contributed by atoms with Gasteiger partial charge in [-0.15, -0.1) is 0 Å². The largest absolute Gasteiger partial charge is 1.00 e. The summed E-state index contributed by atoms with van der Waals surface area (Å²) < 4.78 is 9.16. The number of halogens is 1. The van der Waals surface area contributed by atoms with Crippen molar-refractivity contribution in [2.45, 2.75) is 11.8 Å². The molecule has 0 spiro atoms. The number of hydrogen-bond acceptors (Lipinski definition) is 6. The van der Waals surface area contributed by atoms with Gasteiger partial charge in [0.1, 0.15) is 6.61 Å². The Bertz CT molecular complexity index is 391. The van der Waals surface area contributed by atoms with Crippen LogP contribution in [0.3, 0.4) is 0 Å². The van der Waals surface area contributed by atoms with Crippen molar-refractivity contribution in [3.05, 3.63) is 29.3 Å². The molecule has 0 aromatic heterocycles. The normalized spacial score (nSPS) is 9.72. The van der Waals surface area contributed by atoms with Gasteiger partial charge in [0, 0.05) is 10.2 Å². The van der Waals surface area contributed by atoms with Gasteiger partial charge in [-0.1, -0.05) is 15.9 Å². The predicted octanol–water partition coefficient (Wildman–Crippen LogP) is -1.22. The van der Waals surface area contributed by atoms with Crippen molar-refractivity contribution in [1.82, 2.24) is 0 Å². The first-order valence-electron chi connectivity index (χ1n) is 4.66. The van der Waals surface area contributed by atoms with Gasteiger partial charge >= 0.3 is 35.5 Å². The molecule has 0 saturated heterocycles. The van der Waals surface area contributed by atoms with E-state index in [2.05, 4.69) is 25.3 Å². The van der Waals surface area contributed by atoms with Crippen molar-refractivity contribution in [2.24, 2.45) is 0 Å². The molecule has 0 unspecified atom stereocenters. The maximum absolute atomic E-state index is 11.6. The topological polar surface area (TPSA) is 67.8 Å². The van der Waals surface area contributed by atoms with E-state index in [1.54, 1.807) is 25.1 Å². The number of esters is 1. The van der Waals surface area contributed by atoms with Crippen molar-refractivity contribution in [3.63, 3.8) is 0 Å². The Morgan fingerprint density at radius 2 is 2.22 bits per heavy atom. The molecule has 0 radical (unpaired) electrons. The van der Waals surface area contributed by atoms with Gasteiger partial charge in [0.15, 0.2) is 0 Å². The van der Waals surface area contributed by atoms with Crippen LogP contribution in [0, 0.1) is 6.92 Å². The number of alkyl halides is 1. The molecule has 0 aliphatic rings. The zero-order valence-corrected chi connectivity index (χ0v) is 14.4. The van der Waals surface area contributed by atoms with Gasteiger partial charge in [0.25, 0.3) is 0 Å². The average Bonchev–Trinajstić information content (AvgIpc) is 2.33. The third-order valence-corrected chi connectivity index (χ3v) is 2.78. The van der Waals surface area contributed by atoms with Crippen molar-refractivity contribution in [1.29, 1.82) is 0 Å². The quantitative estimate of drug-likeness (QED) is 0.161. The Morgan fingerprint density at radius 1 is 1.50 bits per heavy atom. The van der Waals surface area contributed by atoms with E-state index in [-0.39, 0.29) is 35.5 Å². The van der Waals surface area contributed by atoms with Crippen LogP contribution >= 0.6 is 28.0 Å². The number of ether oxygens (including phenoxy) is 1. The Hall–Kier alpha value is 0.400. The van der Waals surface area contributed by atoms with E-state index in [1.165, 1.54) is 0 Å². The van der Waals surface area contributed by atoms with Crippen LogP contribution in [0.2, 0.25) is 0 Å². The van der Waals surface area contributed by atoms with Crippen LogP contribution < -0.4 is 34.8 Å². The Labute approximate surface area is 140 Å². The molecule has 0 heterocycles. The summed E-state index contributed by atoms with van der Waals surface area (Å²) in [5.74, 6) is -0.375. The van der Waals surface area contributed by atoms with Gasteiger partial charge < -0.3 is 9.99 Å². The minimum Gasteiger partial charge on any atom is -0.691 e. The second-order valence-electron chi connectivity index (χ2n) is 3.02. The first-order chi connectivity index (χ1) is 8.19. The van der Waals surface area contributed by atoms with Crippen molar-refractivity contribution < 1.29 is 53.7 Å². The first kappa shape index (κ1) is 18.4. The van der Waals surface area contributed by atoms with Gasteiger partial charge in [-0.05, 0) is 30.7 Å². The summed E-state index contributed by atoms with van der Waals surface area (Å²) in [5, 5.41) is 13.5. The summed E-state index contributed by atoms with van der Waals surface area (Å²) in [6, 6.07) is 4.96. The number of rotatable bonds is 6. The average molecular weight is 345 g/mol. The predicted molar refractivity (Wildman–Crippen MR) is 63.3 cm³/mol. The summed E-state index contributed by atoms with van der Waals surface area (Å²) in [6.45, 7) is 2.09. The van der Waals surface area contributed by atoms with Crippen LogP contribution in [0.5, 0.6) is 0 Å². The van der Waals surface area contributed by atoms with Crippen molar-refractivity contribution in [2.75, 3.05) is 11.9 Å². The summed E-state index contributed by atoms with van der Waals surface area (Å²) in [5.41, 5.74) is 1.22. The number of carbonyl (C=O) groups is 1. The summed E-state index contributed by atoms with van der Waals surface area (Å²) in [6.07, 6.45) is 0. The number of aryl methyl sites for hydroxylation is 1. The Balaban J connectivity index is 0.00000289. The zero-order chi connectivity index (χ0) is 12.7. The van der Waals surface area contributed by atoms with E-state index in [0.29, 0.717) is 22.4 Å². The molecule has 1 rings (SSSR count). The molecule has 0 aliphatic carbocycles. The first-order valence-corrected chi connectivity index (χ1v) is 6.52. The van der Waals surface area contributed by atoms with Crippen LogP contribution in [0.1, 0.15) is 15.9 Å². The smallest absolute Gasteiger partial charge is 0.691 e. The number of hydrogen-bond donors (Lipinski definition) is 0. The fraction of sp³-hybridized carbons (Fsp3) is 0.300. The molecule has 94 valence electrons. The fourth-order valence-electron chi connectivity index (χ4n) is 1.18. The number of benzene rings is 1. The molecule has 5 nitrogen and oxygen atoms in total. The molecule has 0 bridgehead atoms. The van der Waals surface area contributed by atoms with Crippen molar-refractivity contribution >= 4 is 33.9 Å². The van der Waals surface area contributed by atoms with Gasteiger partial charge in [-0.2, -0.15) is 4.33 Å². The van der Waals surface area contributed by atoms with E-state index >= 15 is 0 Å². The minimum absolute atomic E-state index is 0. The van der Waals surface area contributed by atoms with Crippen LogP contribution in [-0.4, -0.2) is 17.9 Å². The van der Waals surface area contributed by atoms with E-state index < -0.39 is 0 Å². The van der Waals surface area contributed by atoms with E-state index in [1.807, 2.05) is 0 Å². The standard InChI is InChI=1S/C10H11BrO5S.Na/c1-7-6-8(17-16-15-13)2-3-9(7)10(12)14-5-4-11;/h2-3,6,13H,4-5H2,1H3;/q;+1/p-1. The molecule has 0 saturated carbocycles. The Kier molecular flexibility index (Phi) is 10.4. The Morgan fingerprint density at radius 3 is 2.78 bits per heavy atom. The zero-order valence-electron chi connectivity index (χ0n) is 9.97. The molecule has 1 aromatic rings. The maximum atomic E-state index is 11.6. The molecule has 0 amide bonds. The van der Waals surface area contributed by atoms with Crippen LogP contribution in [-0.2, 0) is 14.1 Å². The van der Waals surface area contributed by atoms with Crippen LogP contribution in [0.4, 0.5) is 0 Å². The van der Waals surface area contributed by atoms with Gasteiger partial charge in [0.05, 0.1) is 17.6 Å². The summed E-state index contributed by atoms with van der Waals surface area (Å²) >= 11 is 3.95. The number of carbonyl (C=O) groups excluding carboxylic acids is 1. The molecule has 8 heteroatoms. The molecule has 0 N–H and O–H groups in total. The monoisotopic (exact) mass is 344 g/mol. The fourth-order valence-corrected chi connectivity index (χ4v) is 1.80. The molecule has 0 fully saturated rings.